The van der Waals surface area contributed by atoms with Gasteiger partial charge in [-0.1, -0.05) is 13.8 Å². The molecule has 0 spiro atoms. The number of carbonyl (C=O) groups excluding carboxylic acids is 1. The summed E-state index contributed by atoms with van der Waals surface area (Å²) in [5, 5.41) is 23.8. The number of aliphatic carboxylic acids is 1. The summed E-state index contributed by atoms with van der Waals surface area (Å²) in [5.41, 5.74) is -0.165. The van der Waals surface area contributed by atoms with Crippen LogP contribution in [0.5, 0.6) is 0 Å². The van der Waals surface area contributed by atoms with Crippen LogP contribution in [0.3, 0.4) is 0 Å². The first-order valence-electron chi connectivity index (χ1n) is 14.0. The molecule has 4 saturated carbocycles. The minimum absolute atomic E-state index is 0.0284. The fourth-order valence-corrected chi connectivity index (χ4v) is 9.02. The molecule has 37 heavy (non-hydrogen) atoms. The summed E-state index contributed by atoms with van der Waals surface area (Å²) in [6.07, 6.45) is 9.83. The molecule has 0 aromatic carbocycles. The number of hydrogen-bond acceptors (Lipinski definition) is 6. The van der Waals surface area contributed by atoms with Crippen LogP contribution >= 0.6 is 0 Å². The van der Waals surface area contributed by atoms with Crippen molar-refractivity contribution in [3.8, 4) is 0 Å². The predicted octanol–water partition coefficient (Wildman–Crippen LogP) is 4.84. The van der Waals surface area contributed by atoms with Gasteiger partial charge in [0.1, 0.15) is 6.10 Å². The predicted molar refractivity (Wildman–Crippen MR) is 136 cm³/mol. The molecule has 1 aromatic heterocycles. The van der Waals surface area contributed by atoms with E-state index < -0.39 is 17.7 Å². The minimum atomic E-state index is -0.869. The van der Waals surface area contributed by atoms with Gasteiger partial charge in [0.15, 0.2) is 0 Å². The fraction of sp³-hybridized carbons (Fsp3) is 0.759. The number of carbonyl (C=O) groups is 2. The second-order valence-electron chi connectivity index (χ2n) is 12.6. The summed E-state index contributed by atoms with van der Waals surface area (Å²) in [7, 11) is 0. The SMILES string of the molecule is C[C@]12CC[C@H](OC(=O)NCCCC(=O)O)C[C@H]1CC[C@@H]1C2CC[C@]2(C)[C@@H](c3ccc(=O)oc3)CC[C@]12O. The van der Waals surface area contributed by atoms with Gasteiger partial charge in [0.25, 0.3) is 0 Å². The quantitative estimate of drug-likeness (QED) is 0.463. The largest absolute Gasteiger partial charge is 0.481 e. The van der Waals surface area contributed by atoms with Crippen LogP contribution in [0.15, 0.2) is 27.6 Å². The van der Waals surface area contributed by atoms with Gasteiger partial charge in [0.05, 0.1) is 11.9 Å². The molecule has 0 aliphatic heterocycles. The van der Waals surface area contributed by atoms with E-state index >= 15 is 0 Å². The zero-order valence-corrected chi connectivity index (χ0v) is 22.0. The van der Waals surface area contributed by atoms with Crippen LogP contribution in [0.1, 0.15) is 96.0 Å². The highest BCUT2D eigenvalue weighted by atomic mass is 16.6. The van der Waals surface area contributed by atoms with Crippen molar-refractivity contribution in [2.24, 2.45) is 28.6 Å². The van der Waals surface area contributed by atoms with Gasteiger partial charge in [0, 0.05) is 24.4 Å². The number of ether oxygens (including phenoxy) is 1. The number of rotatable bonds is 6. The molecular weight excluding hydrogens is 474 g/mol. The fourth-order valence-electron chi connectivity index (χ4n) is 9.02. The lowest BCUT2D eigenvalue weighted by molar-refractivity contribution is -0.205. The van der Waals surface area contributed by atoms with Crippen LogP contribution in [0.2, 0.25) is 0 Å². The molecule has 3 N–H and O–H groups in total. The van der Waals surface area contributed by atoms with E-state index in [0.717, 1.165) is 63.4 Å². The molecule has 1 aromatic rings. The third-order valence-corrected chi connectivity index (χ3v) is 11.0. The minimum Gasteiger partial charge on any atom is -0.481 e. The van der Waals surface area contributed by atoms with Gasteiger partial charge in [-0.15, -0.1) is 0 Å². The molecule has 0 saturated heterocycles. The topological polar surface area (TPSA) is 126 Å². The second kappa shape index (κ2) is 9.75. The molecule has 0 radical (unpaired) electrons. The number of aliphatic hydroxyl groups is 1. The summed E-state index contributed by atoms with van der Waals surface area (Å²) in [5.74, 6) is 0.477. The molecule has 204 valence electrons. The zero-order valence-electron chi connectivity index (χ0n) is 22.0. The summed E-state index contributed by atoms with van der Waals surface area (Å²) < 4.78 is 10.9. The van der Waals surface area contributed by atoms with Crippen molar-refractivity contribution in [1.29, 1.82) is 0 Å². The number of fused-ring (bicyclic) bond motifs is 5. The smallest absolute Gasteiger partial charge is 0.407 e. The molecule has 1 unspecified atom stereocenters. The standard InChI is InChI=1S/C29H41NO7/c1-27-12-9-20(37-26(34)30-15-3-4-24(31)32)16-19(27)6-7-23-22(27)10-13-28(2)21(11-14-29(23,28)35)18-5-8-25(33)36-17-18/h5,8,17,19-23,35H,3-4,6-7,9-16H2,1-2H3,(H,30,34)(H,31,32)/t19-,20+,21-,22?,23-,27+,28-,29+/m1/s1. The Balaban J connectivity index is 1.24. The Bertz CT molecular complexity index is 1070. The molecule has 5 rings (SSSR count). The highest BCUT2D eigenvalue weighted by molar-refractivity contribution is 5.68. The van der Waals surface area contributed by atoms with Gasteiger partial charge in [-0.3, -0.25) is 4.79 Å². The van der Waals surface area contributed by atoms with Crippen molar-refractivity contribution in [3.05, 3.63) is 34.4 Å². The number of hydrogen-bond donors (Lipinski definition) is 3. The highest BCUT2D eigenvalue weighted by Gasteiger charge is 2.67. The van der Waals surface area contributed by atoms with E-state index in [0.29, 0.717) is 24.8 Å². The first-order chi connectivity index (χ1) is 17.6. The zero-order chi connectivity index (χ0) is 26.4. The lowest BCUT2D eigenvalue weighted by Crippen LogP contribution is -2.62. The number of carboxylic acid groups (broad SMARTS) is 1. The molecule has 1 heterocycles. The molecule has 8 atom stereocenters. The Morgan fingerprint density at radius 1 is 1.08 bits per heavy atom. The Labute approximate surface area is 218 Å². The van der Waals surface area contributed by atoms with Gasteiger partial charge in [-0.2, -0.15) is 0 Å². The normalized spacial score (nSPS) is 40.7. The summed E-state index contributed by atoms with van der Waals surface area (Å²) in [6.45, 7) is 4.96. The van der Waals surface area contributed by atoms with E-state index in [1.807, 2.05) is 6.07 Å². The Morgan fingerprint density at radius 2 is 1.89 bits per heavy atom. The van der Waals surface area contributed by atoms with Crippen LogP contribution in [-0.4, -0.2) is 40.5 Å². The van der Waals surface area contributed by atoms with E-state index in [4.69, 9.17) is 14.3 Å². The maximum atomic E-state index is 12.4. The summed E-state index contributed by atoms with van der Waals surface area (Å²) in [6, 6.07) is 3.37. The lowest BCUT2D eigenvalue weighted by Gasteiger charge is -2.63. The van der Waals surface area contributed by atoms with Gasteiger partial charge in [0.2, 0.25) is 0 Å². The number of alkyl carbamates (subject to hydrolysis) is 1. The Kier molecular flexibility index (Phi) is 6.92. The Morgan fingerprint density at radius 3 is 2.62 bits per heavy atom. The third-order valence-electron chi connectivity index (χ3n) is 11.0. The van der Waals surface area contributed by atoms with Crippen LogP contribution in [0.25, 0.3) is 0 Å². The van der Waals surface area contributed by atoms with Crippen LogP contribution < -0.4 is 10.9 Å². The molecule has 8 heteroatoms. The molecule has 4 aliphatic rings. The van der Waals surface area contributed by atoms with E-state index in [1.54, 1.807) is 6.26 Å². The van der Waals surface area contributed by atoms with Crippen molar-refractivity contribution in [2.45, 2.75) is 102 Å². The van der Waals surface area contributed by atoms with E-state index in [1.165, 1.54) is 6.07 Å². The van der Waals surface area contributed by atoms with Crippen molar-refractivity contribution in [1.82, 2.24) is 5.32 Å². The summed E-state index contributed by atoms with van der Waals surface area (Å²) in [4.78, 5) is 34.4. The Hall–Kier alpha value is -2.35. The summed E-state index contributed by atoms with van der Waals surface area (Å²) >= 11 is 0. The maximum Gasteiger partial charge on any atom is 0.407 e. The molecule has 8 nitrogen and oxygen atoms in total. The lowest BCUT2D eigenvalue weighted by atomic mass is 9.43. The van der Waals surface area contributed by atoms with Gasteiger partial charge >= 0.3 is 17.7 Å². The van der Waals surface area contributed by atoms with Crippen LogP contribution in [-0.2, 0) is 9.53 Å². The van der Waals surface area contributed by atoms with Crippen molar-refractivity contribution in [3.63, 3.8) is 0 Å². The molecule has 0 bridgehead atoms. The first-order valence-corrected chi connectivity index (χ1v) is 14.0. The van der Waals surface area contributed by atoms with Crippen molar-refractivity contribution >= 4 is 12.1 Å². The number of carboxylic acids is 1. The van der Waals surface area contributed by atoms with E-state index in [-0.39, 0.29) is 40.8 Å². The van der Waals surface area contributed by atoms with E-state index in [2.05, 4.69) is 19.2 Å². The van der Waals surface area contributed by atoms with Crippen molar-refractivity contribution in [2.75, 3.05) is 6.54 Å². The number of amides is 1. The second-order valence-corrected chi connectivity index (χ2v) is 12.6. The maximum absolute atomic E-state index is 12.4. The van der Waals surface area contributed by atoms with E-state index in [9.17, 15) is 19.5 Å². The van der Waals surface area contributed by atoms with Crippen LogP contribution in [0, 0.1) is 28.6 Å². The average Bonchev–Trinajstić information content (AvgIpc) is 3.14. The molecule has 4 aliphatic carbocycles. The van der Waals surface area contributed by atoms with Gasteiger partial charge < -0.3 is 24.7 Å². The molecular formula is C29H41NO7. The molecule has 4 fully saturated rings. The highest BCUT2D eigenvalue weighted by Crippen LogP contribution is 2.70. The third kappa shape index (κ3) is 4.49. The van der Waals surface area contributed by atoms with Crippen molar-refractivity contribution < 1.29 is 29.0 Å². The van der Waals surface area contributed by atoms with Gasteiger partial charge in [-0.05, 0) is 105 Å². The monoisotopic (exact) mass is 515 g/mol. The van der Waals surface area contributed by atoms with Gasteiger partial charge in [-0.25, -0.2) is 9.59 Å². The first kappa shape index (κ1) is 26.3. The molecule has 1 amide bonds. The number of nitrogens with one attached hydrogen (secondary N) is 1. The van der Waals surface area contributed by atoms with Crippen LogP contribution in [0.4, 0.5) is 4.79 Å². The average molecular weight is 516 g/mol.